The van der Waals surface area contributed by atoms with Gasteiger partial charge in [-0.15, -0.1) is 0 Å². The molecule has 1 aliphatic heterocycles. The van der Waals surface area contributed by atoms with E-state index in [0.717, 1.165) is 0 Å². The molecule has 1 heterocycles. The third-order valence-corrected chi connectivity index (χ3v) is 1.89. The monoisotopic (exact) mass is 152 g/mol. The molecule has 62 valence electrons. The highest BCUT2D eigenvalue weighted by Crippen LogP contribution is 2.12. The van der Waals surface area contributed by atoms with E-state index in [0.29, 0.717) is 12.1 Å². The number of hydrogen-bond acceptors (Lipinski definition) is 2. The van der Waals surface area contributed by atoms with Crippen LogP contribution in [0.3, 0.4) is 0 Å². The van der Waals surface area contributed by atoms with Crippen molar-refractivity contribution >= 4 is 0 Å². The van der Waals surface area contributed by atoms with Crippen molar-refractivity contribution in [1.82, 2.24) is 10.6 Å². The van der Waals surface area contributed by atoms with Gasteiger partial charge in [0.2, 0.25) is 0 Å². The minimum Gasteiger partial charge on any atom is -0.372 e. The Kier molecular flexibility index (Phi) is 2.71. The maximum Gasteiger partial charge on any atom is 0.0957 e. The summed E-state index contributed by atoms with van der Waals surface area (Å²) in [6.07, 6.45) is 6.68. The van der Waals surface area contributed by atoms with Crippen LogP contribution in [0.5, 0.6) is 0 Å². The van der Waals surface area contributed by atoms with Crippen LogP contribution >= 0.6 is 0 Å². The fourth-order valence-corrected chi connectivity index (χ4v) is 1.04. The lowest BCUT2D eigenvalue weighted by atomic mass is 10.0. The molecule has 2 N–H and O–H groups in total. The fourth-order valence-electron chi connectivity index (χ4n) is 1.04. The Labute approximate surface area is 68.4 Å². The Bertz CT molecular complexity index is 180. The fraction of sp³-hybridized carbons (Fsp3) is 0.556. The molecule has 0 saturated carbocycles. The third-order valence-electron chi connectivity index (χ3n) is 1.89. The largest absolute Gasteiger partial charge is 0.372 e. The number of dihydropyridines is 1. The normalized spacial score (nSPS) is 23.3. The van der Waals surface area contributed by atoms with Crippen molar-refractivity contribution in [2.24, 2.45) is 5.92 Å². The van der Waals surface area contributed by atoms with Crippen molar-refractivity contribution in [2.75, 3.05) is 7.05 Å². The molecule has 0 aromatic heterocycles. The van der Waals surface area contributed by atoms with E-state index in [4.69, 9.17) is 0 Å². The predicted molar refractivity (Wildman–Crippen MR) is 48.0 cm³/mol. The zero-order valence-electron chi connectivity index (χ0n) is 7.39. The van der Waals surface area contributed by atoms with Crippen molar-refractivity contribution in [2.45, 2.75) is 20.0 Å². The molecule has 0 aromatic rings. The Morgan fingerprint density at radius 2 is 2.27 bits per heavy atom. The molecule has 0 aliphatic carbocycles. The van der Waals surface area contributed by atoms with E-state index in [1.807, 2.05) is 7.05 Å². The standard InChI is InChI=1S/C9H16N2/c1-7(2)8-4-5-9(10-3)11-6-8/h4-7,9-11H,1-3H3. The summed E-state index contributed by atoms with van der Waals surface area (Å²) in [5.74, 6) is 0.608. The SMILES string of the molecule is CNC1C=CC(C(C)C)=CN1. The molecule has 0 amide bonds. The van der Waals surface area contributed by atoms with Crippen LogP contribution in [-0.4, -0.2) is 13.2 Å². The number of hydrogen-bond donors (Lipinski definition) is 2. The van der Waals surface area contributed by atoms with Gasteiger partial charge in [0.15, 0.2) is 0 Å². The molecule has 0 spiro atoms. The summed E-state index contributed by atoms with van der Waals surface area (Å²) in [5, 5.41) is 6.36. The van der Waals surface area contributed by atoms with Gasteiger partial charge in [0, 0.05) is 6.20 Å². The zero-order valence-corrected chi connectivity index (χ0v) is 7.39. The van der Waals surface area contributed by atoms with Crippen LogP contribution in [0.4, 0.5) is 0 Å². The molecule has 0 saturated heterocycles. The minimum absolute atomic E-state index is 0.303. The van der Waals surface area contributed by atoms with E-state index in [9.17, 15) is 0 Å². The van der Waals surface area contributed by atoms with Crippen LogP contribution in [0.2, 0.25) is 0 Å². The van der Waals surface area contributed by atoms with Gasteiger partial charge in [0.05, 0.1) is 6.17 Å². The first-order valence-electron chi connectivity index (χ1n) is 4.05. The summed E-state index contributed by atoms with van der Waals surface area (Å²) in [6.45, 7) is 4.38. The molecule has 1 rings (SSSR count). The van der Waals surface area contributed by atoms with E-state index in [-0.39, 0.29) is 0 Å². The number of rotatable bonds is 2. The molecule has 2 heteroatoms. The summed E-state index contributed by atoms with van der Waals surface area (Å²) in [6, 6.07) is 0. The second-order valence-corrected chi connectivity index (χ2v) is 3.09. The topological polar surface area (TPSA) is 24.1 Å². The van der Waals surface area contributed by atoms with Gasteiger partial charge in [-0.2, -0.15) is 0 Å². The first-order valence-corrected chi connectivity index (χ1v) is 4.05. The summed E-state index contributed by atoms with van der Waals surface area (Å²) in [4.78, 5) is 0. The van der Waals surface area contributed by atoms with Gasteiger partial charge in [-0.05, 0) is 24.6 Å². The van der Waals surface area contributed by atoms with Crippen molar-refractivity contribution in [1.29, 1.82) is 0 Å². The zero-order chi connectivity index (χ0) is 8.27. The lowest BCUT2D eigenvalue weighted by Gasteiger charge is -2.19. The highest BCUT2D eigenvalue weighted by Gasteiger charge is 2.06. The smallest absolute Gasteiger partial charge is 0.0957 e. The molecule has 0 radical (unpaired) electrons. The number of nitrogens with one attached hydrogen (secondary N) is 2. The molecule has 11 heavy (non-hydrogen) atoms. The summed E-state index contributed by atoms with van der Waals surface area (Å²) in [5.41, 5.74) is 1.36. The van der Waals surface area contributed by atoms with Crippen molar-refractivity contribution in [3.63, 3.8) is 0 Å². The van der Waals surface area contributed by atoms with E-state index < -0.39 is 0 Å². The Balaban J connectivity index is 2.53. The lowest BCUT2D eigenvalue weighted by Crippen LogP contribution is -2.36. The quantitative estimate of drug-likeness (QED) is 0.622. The maximum atomic E-state index is 3.24. The molecule has 0 fully saturated rings. The first-order chi connectivity index (χ1) is 5.24. The van der Waals surface area contributed by atoms with Gasteiger partial charge in [-0.25, -0.2) is 0 Å². The van der Waals surface area contributed by atoms with E-state index in [1.165, 1.54) is 5.57 Å². The van der Waals surface area contributed by atoms with Crippen LogP contribution in [0.15, 0.2) is 23.9 Å². The van der Waals surface area contributed by atoms with Crippen LogP contribution in [0.25, 0.3) is 0 Å². The molecule has 1 unspecified atom stereocenters. The molecule has 0 aromatic carbocycles. The van der Waals surface area contributed by atoms with Crippen molar-refractivity contribution in [3.05, 3.63) is 23.9 Å². The highest BCUT2D eigenvalue weighted by molar-refractivity contribution is 5.25. The Hall–Kier alpha value is -0.760. The number of allylic oxidation sites excluding steroid dienone is 2. The molecule has 2 nitrogen and oxygen atoms in total. The Morgan fingerprint density at radius 3 is 2.64 bits per heavy atom. The van der Waals surface area contributed by atoms with Gasteiger partial charge in [0.25, 0.3) is 0 Å². The maximum absolute atomic E-state index is 3.24. The van der Waals surface area contributed by atoms with Gasteiger partial charge in [-0.3, -0.25) is 5.32 Å². The Morgan fingerprint density at radius 1 is 1.55 bits per heavy atom. The van der Waals surface area contributed by atoms with E-state index in [2.05, 4.69) is 42.8 Å². The molecule has 1 aliphatic rings. The second kappa shape index (κ2) is 3.58. The average molecular weight is 152 g/mol. The summed E-state index contributed by atoms with van der Waals surface area (Å²) >= 11 is 0. The van der Waals surface area contributed by atoms with Crippen LogP contribution in [-0.2, 0) is 0 Å². The third kappa shape index (κ3) is 2.09. The van der Waals surface area contributed by atoms with E-state index >= 15 is 0 Å². The van der Waals surface area contributed by atoms with Crippen LogP contribution < -0.4 is 10.6 Å². The second-order valence-electron chi connectivity index (χ2n) is 3.09. The summed E-state index contributed by atoms with van der Waals surface area (Å²) in [7, 11) is 1.94. The predicted octanol–water partition coefficient (Wildman–Crippen LogP) is 1.23. The highest BCUT2D eigenvalue weighted by atomic mass is 15.1. The lowest BCUT2D eigenvalue weighted by molar-refractivity contribution is 0.593. The molecule has 0 bridgehead atoms. The molecular formula is C9H16N2. The van der Waals surface area contributed by atoms with Crippen molar-refractivity contribution in [3.8, 4) is 0 Å². The summed E-state index contributed by atoms with van der Waals surface area (Å²) < 4.78 is 0. The van der Waals surface area contributed by atoms with Gasteiger partial charge in [0.1, 0.15) is 0 Å². The van der Waals surface area contributed by atoms with Gasteiger partial charge in [-0.1, -0.05) is 19.9 Å². The van der Waals surface area contributed by atoms with Crippen LogP contribution in [0, 0.1) is 5.92 Å². The average Bonchev–Trinajstić information content (AvgIpc) is 2.05. The van der Waals surface area contributed by atoms with Crippen LogP contribution in [0.1, 0.15) is 13.8 Å². The number of likely N-dealkylation sites (N-methyl/N-ethyl adjacent to an activating group) is 1. The van der Waals surface area contributed by atoms with Gasteiger partial charge < -0.3 is 5.32 Å². The first kappa shape index (κ1) is 8.34. The van der Waals surface area contributed by atoms with E-state index in [1.54, 1.807) is 0 Å². The molecule has 1 atom stereocenters. The van der Waals surface area contributed by atoms with Gasteiger partial charge >= 0.3 is 0 Å². The minimum atomic E-state index is 0.303. The van der Waals surface area contributed by atoms with Crippen molar-refractivity contribution < 1.29 is 0 Å². The molecular weight excluding hydrogens is 136 g/mol.